The zero-order valence-corrected chi connectivity index (χ0v) is 29.3. The van der Waals surface area contributed by atoms with E-state index in [1.54, 1.807) is 0 Å². The molecule has 8 atom stereocenters. The van der Waals surface area contributed by atoms with Crippen LogP contribution < -0.4 is 28.6 Å². The molecule has 0 spiro atoms. The molecule has 0 amide bonds. The minimum Gasteiger partial charge on any atom is -0.780 e. The molecule has 0 N–H and O–H groups in total. The van der Waals surface area contributed by atoms with Gasteiger partial charge in [0.25, 0.3) is 0 Å². The van der Waals surface area contributed by atoms with Gasteiger partial charge >= 0.3 is 0 Å². The second-order valence-electron chi connectivity index (χ2n) is 16.2. The van der Waals surface area contributed by atoms with Gasteiger partial charge in [-0.1, -0.05) is 72.8 Å². The SMILES string of the molecule is O=P([O-])([O-])Oc1c2c(c(OP(=O)([O-])[O-])c3c1C1C[C@@H]3c3cc4c(cc31)[C@@H]1C[C@H]4c3ccccc31)C1CC2c2cc3c(cc21)C1CC3c2ccccc21. The van der Waals surface area contributed by atoms with Gasteiger partial charge in [-0.25, -0.2) is 0 Å². The van der Waals surface area contributed by atoms with Gasteiger partial charge in [0.1, 0.15) is 27.1 Å². The summed E-state index contributed by atoms with van der Waals surface area (Å²) in [6.07, 6.45) is 3.10. The Morgan fingerprint density at radius 3 is 0.865 bits per heavy atom. The molecule has 8 bridgehead atoms. The Bertz CT molecular complexity index is 2340. The Kier molecular flexibility index (Phi) is 5.21. The third kappa shape index (κ3) is 3.46. The van der Waals surface area contributed by atoms with Crippen molar-refractivity contribution in [2.45, 2.75) is 73.0 Å². The molecule has 0 radical (unpaired) electrons. The fraction of sp³-hybridized carbons (Fsp3) is 0.286. The molecular formula is C42H28O8P2-4. The lowest BCUT2D eigenvalue weighted by molar-refractivity contribution is -0.336. The average molecular weight is 723 g/mol. The minimum atomic E-state index is -5.56. The molecule has 8 aliphatic carbocycles. The molecule has 0 aliphatic heterocycles. The summed E-state index contributed by atoms with van der Waals surface area (Å²) in [7, 11) is -11.1. The third-order valence-corrected chi connectivity index (χ3v) is 15.1. The fourth-order valence-corrected chi connectivity index (χ4v) is 13.7. The van der Waals surface area contributed by atoms with Crippen molar-refractivity contribution in [1.29, 1.82) is 0 Å². The molecule has 0 saturated carbocycles. The summed E-state index contributed by atoms with van der Waals surface area (Å²) in [4.78, 5) is 50.4. The van der Waals surface area contributed by atoms with Crippen molar-refractivity contribution >= 4 is 15.6 Å². The lowest BCUT2D eigenvalue weighted by Gasteiger charge is -2.39. The van der Waals surface area contributed by atoms with Gasteiger partial charge in [-0.05, 0) is 92.4 Å². The van der Waals surface area contributed by atoms with Crippen LogP contribution in [0.1, 0.15) is 162 Å². The summed E-state index contributed by atoms with van der Waals surface area (Å²) < 4.78 is 36.3. The maximum Gasteiger partial charge on any atom is 0.132 e. The van der Waals surface area contributed by atoms with Crippen molar-refractivity contribution < 1.29 is 37.8 Å². The molecule has 5 aromatic carbocycles. The third-order valence-electron chi connectivity index (χ3n) is 14.3. The van der Waals surface area contributed by atoms with Crippen LogP contribution in [0.3, 0.4) is 0 Å². The van der Waals surface area contributed by atoms with Gasteiger partial charge in [-0.15, -0.1) is 0 Å². The van der Waals surface area contributed by atoms with E-state index in [9.17, 15) is 28.7 Å². The quantitative estimate of drug-likeness (QED) is 0.205. The van der Waals surface area contributed by atoms with Crippen molar-refractivity contribution in [3.63, 3.8) is 0 Å². The number of rotatable bonds is 4. The van der Waals surface area contributed by atoms with E-state index in [2.05, 4.69) is 72.8 Å². The van der Waals surface area contributed by atoms with E-state index in [1.807, 2.05) is 0 Å². The molecule has 0 fully saturated rings. The smallest absolute Gasteiger partial charge is 0.132 e. The van der Waals surface area contributed by atoms with Crippen LogP contribution in [-0.2, 0) is 9.13 Å². The molecule has 8 aliphatic rings. The highest BCUT2D eigenvalue weighted by Crippen LogP contribution is 2.72. The van der Waals surface area contributed by atoms with Crippen molar-refractivity contribution in [3.05, 3.63) is 162 Å². The summed E-state index contributed by atoms with van der Waals surface area (Å²) >= 11 is 0. The van der Waals surface area contributed by atoms with Crippen LogP contribution in [0.15, 0.2) is 72.8 Å². The fourth-order valence-electron chi connectivity index (χ4n) is 12.9. The molecule has 5 unspecified atom stereocenters. The molecule has 0 heterocycles. The van der Waals surface area contributed by atoms with E-state index in [4.69, 9.17) is 9.05 Å². The van der Waals surface area contributed by atoms with E-state index < -0.39 is 15.6 Å². The first-order valence-corrected chi connectivity index (χ1v) is 21.1. The van der Waals surface area contributed by atoms with E-state index in [0.717, 1.165) is 35.1 Å². The number of hydrogen-bond acceptors (Lipinski definition) is 8. The summed E-state index contributed by atoms with van der Waals surface area (Å²) in [5.74, 6) is -0.203. The van der Waals surface area contributed by atoms with Crippen molar-refractivity contribution in [3.8, 4) is 11.5 Å². The molecule has 8 nitrogen and oxygen atoms in total. The van der Waals surface area contributed by atoms with Gasteiger partial charge < -0.3 is 37.8 Å². The van der Waals surface area contributed by atoms with Crippen molar-refractivity contribution in [1.82, 2.24) is 0 Å². The number of benzene rings is 5. The number of fused-ring (bicyclic) bond motifs is 32. The first kappa shape index (κ1) is 29.5. The van der Waals surface area contributed by atoms with Gasteiger partial charge in [-0.3, -0.25) is 0 Å². The predicted octanol–water partition coefficient (Wildman–Crippen LogP) is 6.03. The number of phosphoric ester groups is 2. The van der Waals surface area contributed by atoms with E-state index in [1.165, 1.54) is 44.5 Å². The molecule has 0 saturated heterocycles. The number of hydrogen-bond donors (Lipinski definition) is 0. The Balaban J connectivity index is 1.03. The highest BCUT2D eigenvalue weighted by Gasteiger charge is 2.55. The monoisotopic (exact) mass is 722 g/mol. The highest BCUT2D eigenvalue weighted by molar-refractivity contribution is 7.43. The highest BCUT2D eigenvalue weighted by atomic mass is 31.2. The van der Waals surface area contributed by atoms with E-state index in [0.29, 0.717) is 35.1 Å². The molecule has 5 aromatic rings. The molecule has 13 rings (SSSR count). The zero-order valence-electron chi connectivity index (χ0n) is 27.5. The first-order valence-electron chi connectivity index (χ1n) is 18.2. The van der Waals surface area contributed by atoms with Gasteiger partial charge in [0, 0.05) is 69.6 Å². The van der Waals surface area contributed by atoms with Crippen LogP contribution >= 0.6 is 15.6 Å². The van der Waals surface area contributed by atoms with Crippen molar-refractivity contribution in [2.24, 2.45) is 0 Å². The van der Waals surface area contributed by atoms with Gasteiger partial charge in [0.15, 0.2) is 0 Å². The maximum absolute atomic E-state index is 12.6. The number of phosphoric acid groups is 2. The summed E-state index contributed by atoms with van der Waals surface area (Å²) in [5, 5.41) is 0. The Labute approximate surface area is 298 Å². The van der Waals surface area contributed by atoms with Gasteiger partial charge in [-0.2, -0.15) is 0 Å². The molecular weight excluding hydrogens is 694 g/mol. The van der Waals surface area contributed by atoms with Crippen LogP contribution in [0.4, 0.5) is 0 Å². The molecule has 258 valence electrons. The zero-order chi connectivity index (χ0) is 34.7. The Morgan fingerprint density at radius 2 is 0.615 bits per heavy atom. The summed E-state index contributed by atoms with van der Waals surface area (Å²) in [6, 6.07) is 26.2. The van der Waals surface area contributed by atoms with Crippen molar-refractivity contribution in [2.75, 3.05) is 0 Å². The maximum atomic E-state index is 12.6. The minimum absolute atomic E-state index is 0.0216. The first-order chi connectivity index (χ1) is 25.0. The molecule has 0 aromatic heterocycles. The standard InChI is InChI=1S/C42H32O8P2/c43-51(44,45)49-41-37-33-15-34(30-12-26-22-9-21(25(26)11-29(30)33)17-5-1-2-6-18(17)22)38(37)42(50-52(46,47)48)40-36-16-35(39(40)41)31-13-27-23-10-24(28(27)14-32(31)36)20-8-4-3-7-19(20)23/h1-8,11-14,21-24,33-36H,9-10,15-16H2,(H2,43,44,45)(H2,46,47,48)/p-4/t21-,22+,23?,24?,33+,34?,35?,36?/m0/s1. The lowest BCUT2D eigenvalue weighted by Crippen LogP contribution is -2.24. The van der Waals surface area contributed by atoms with Crippen LogP contribution in [0.5, 0.6) is 11.5 Å². The Hall–Kier alpha value is -4.00. The van der Waals surface area contributed by atoms with Crippen LogP contribution in [0.2, 0.25) is 0 Å². The van der Waals surface area contributed by atoms with E-state index in [-0.39, 0.29) is 58.8 Å². The van der Waals surface area contributed by atoms with Gasteiger partial charge in [0.2, 0.25) is 0 Å². The average Bonchev–Trinajstić information content (AvgIpc) is 3.98. The Morgan fingerprint density at radius 1 is 0.385 bits per heavy atom. The lowest BCUT2D eigenvalue weighted by atomic mass is 9.74. The van der Waals surface area contributed by atoms with Gasteiger partial charge in [0.05, 0.1) is 0 Å². The van der Waals surface area contributed by atoms with Crippen LogP contribution in [-0.4, -0.2) is 0 Å². The second-order valence-corrected chi connectivity index (χ2v) is 18.4. The van der Waals surface area contributed by atoms with E-state index >= 15 is 0 Å². The van der Waals surface area contributed by atoms with Crippen LogP contribution in [0.25, 0.3) is 0 Å². The largest absolute Gasteiger partial charge is 0.780 e. The normalized spacial score (nSPS) is 29.0. The predicted molar refractivity (Wildman–Crippen MR) is 182 cm³/mol. The topological polar surface area (TPSA) is 145 Å². The summed E-state index contributed by atoms with van der Waals surface area (Å²) in [6.45, 7) is 0. The summed E-state index contributed by atoms with van der Waals surface area (Å²) in [5.41, 5.74) is 16.6. The molecule has 10 heteroatoms. The van der Waals surface area contributed by atoms with Crippen LogP contribution in [0, 0.1) is 0 Å². The second kappa shape index (κ2) is 9.19. The molecule has 52 heavy (non-hydrogen) atoms.